The van der Waals surface area contributed by atoms with E-state index >= 15 is 0 Å². The molecule has 1 aromatic carbocycles. The summed E-state index contributed by atoms with van der Waals surface area (Å²) in [5.74, 6) is -2.26. The molecule has 0 aliphatic heterocycles. The van der Waals surface area contributed by atoms with E-state index in [1.807, 2.05) is 13.8 Å². The third-order valence-electron chi connectivity index (χ3n) is 3.00. The van der Waals surface area contributed by atoms with Gasteiger partial charge < -0.3 is 5.73 Å². The first-order valence-electron chi connectivity index (χ1n) is 6.33. The van der Waals surface area contributed by atoms with Crippen LogP contribution >= 0.6 is 0 Å². The van der Waals surface area contributed by atoms with E-state index in [0.717, 1.165) is 25.0 Å². The number of nitrogens with two attached hydrogens (primary N) is 1. The van der Waals surface area contributed by atoms with Gasteiger partial charge in [-0.1, -0.05) is 13.8 Å². The normalized spacial score (nSPS) is 12.7. The Labute approximate surface area is 118 Å². The lowest BCUT2D eigenvalue weighted by atomic mass is 9.88. The largest absolute Gasteiger partial charge is 0.330 e. The molecule has 0 saturated heterocycles. The minimum atomic E-state index is -3.85. The minimum absolute atomic E-state index is 0.203. The SMILES string of the molecule is CC(C)(CCCN)CNS(=O)(=O)c1ccc(F)c(F)c1. The van der Waals surface area contributed by atoms with E-state index in [4.69, 9.17) is 5.73 Å². The summed E-state index contributed by atoms with van der Waals surface area (Å²) in [7, 11) is -3.85. The van der Waals surface area contributed by atoms with Crippen molar-refractivity contribution in [2.24, 2.45) is 11.1 Å². The van der Waals surface area contributed by atoms with E-state index in [2.05, 4.69) is 4.72 Å². The highest BCUT2D eigenvalue weighted by molar-refractivity contribution is 7.89. The van der Waals surface area contributed by atoms with Gasteiger partial charge in [0.05, 0.1) is 4.90 Å². The Balaban J connectivity index is 2.77. The third kappa shape index (κ3) is 4.81. The molecule has 0 aliphatic carbocycles. The fourth-order valence-electron chi connectivity index (χ4n) is 1.69. The highest BCUT2D eigenvalue weighted by Crippen LogP contribution is 2.22. The van der Waals surface area contributed by atoms with Crippen molar-refractivity contribution in [3.05, 3.63) is 29.8 Å². The summed E-state index contributed by atoms with van der Waals surface area (Å²) in [6, 6.07) is 2.50. The highest BCUT2D eigenvalue weighted by atomic mass is 32.2. The van der Waals surface area contributed by atoms with Crippen LogP contribution in [0.2, 0.25) is 0 Å². The number of hydrogen-bond acceptors (Lipinski definition) is 3. The molecule has 4 nitrogen and oxygen atoms in total. The monoisotopic (exact) mass is 306 g/mol. The van der Waals surface area contributed by atoms with E-state index in [0.29, 0.717) is 12.6 Å². The summed E-state index contributed by atoms with van der Waals surface area (Å²) in [5.41, 5.74) is 5.16. The van der Waals surface area contributed by atoms with Crippen LogP contribution in [0.4, 0.5) is 8.78 Å². The summed E-state index contributed by atoms with van der Waals surface area (Å²) in [5, 5.41) is 0. The Hall–Kier alpha value is -1.05. The van der Waals surface area contributed by atoms with Crippen LogP contribution in [-0.4, -0.2) is 21.5 Å². The predicted octanol–water partition coefficient (Wildman–Crippen LogP) is 2.01. The lowest BCUT2D eigenvalue weighted by Crippen LogP contribution is -2.34. The number of rotatable bonds is 7. The first-order valence-corrected chi connectivity index (χ1v) is 7.81. The zero-order valence-corrected chi connectivity index (χ0v) is 12.4. The fourth-order valence-corrected chi connectivity index (χ4v) is 2.94. The smallest absolute Gasteiger partial charge is 0.240 e. The lowest BCUT2D eigenvalue weighted by molar-refractivity contribution is 0.327. The summed E-state index contributed by atoms with van der Waals surface area (Å²) >= 11 is 0. The van der Waals surface area contributed by atoms with Gasteiger partial charge in [-0.2, -0.15) is 0 Å². The minimum Gasteiger partial charge on any atom is -0.330 e. The molecule has 7 heteroatoms. The molecule has 1 aromatic rings. The Morgan fingerprint density at radius 2 is 1.90 bits per heavy atom. The van der Waals surface area contributed by atoms with Crippen LogP contribution in [-0.2, 0) is 10.0 Å². The Morgan fingerprint density at radius 3 is 2.45 bits per heavy atom. The van der Waals surface area contributed by atoms with Gasteiger partial charge in [0, 0.05) is 6.54 Å². The van der Waals surface area contributed by atoms with Gasteiger partial charge in [0.25, 0.3) is 0 Å². The maximum atomic E-state index is 13.1. The predicted molar refractivity (Wildman–Crippen MR) is 73.6 cm³/mol. The molecule has 0 amide bonds. The standard InChI is InChI=1S/C13H20F2N2O2S/c1-13(2,6-3-7-16)9-17-20(18,19)10-4-5-11(14)12(15)8-10/h4-5,8,17H,3,6-7,9,16H2,1-2H3. The molecule has 1 rings (SSSR count). The van der Waals surface area contributed by atoms with Gasteiger partial charge in [-0.25, -0.2) is 21.9 Å². The fraction of sp³-hybridized carbons (Fsp3) is 0.538. The summed E-state index contributed by atoms with van der Waals surface area (Å²) < 4.78 is 52.3. The van der Waals surface area contributed by atoms with E-state index in [1.54, 1.807) is 0 Å². The topological polar surface area (TPSA) is 72.2 Å². The number of sulfonamides is 1. The van der Waals surface area contributed by atoms with E-state index in [-0.39, 0.29) is 16.9 Å². The molecule has 0 radical (unpaired) electrons. The van der Waals surface area contributed by atoms with Crippen LogP contribution in [0.3, 0.4) is 0 Å². The molecule has 0 atom stereocenters. The van der Waals surface area contributed by atoms with E-state index in [9.17, 15) is 17.2 Å². The lowest BCUT2D eigenvalue weighted by Gasteiger charge is -2.24. The molecular formula is C13H20F2N2O2S. The van der Waals surface area contributed by atoms with Crippen molar-refractivity contribution in [1.29, 1.82) is 0 Å². The number of nitrogens with one attached hydrogen (secondary N) is 1. The molecular weight excluding hydrogens is 286 g/mol. The van der Waals surface area contributed by atoms with Gasteiger partial charge in [-0.3, -0.25) is 0 Å². The maximum absolute atomic E-state index is 13.1. The average molecular weight is 306 g/mol. The Morgan fingerprint density at radius 1 is 1.25 bits per heavy atom. The van der Waals surface area contributed by atoms with Gasteiger partial charge in [0.15, 0.2) is 11.6 Å². The highest BCUT2D eigenvalue weighted by Gasteiger charge is 2.22. The van der Waals surface area contributed by atoms with Crippen molar-refractivity contribution < 1.29 is 17.2 Å². The van der Waals surface area contributed by atoms with Crippen LogP contribution in [0.15, 0.2) is 23.1 Å². The zero-order chi connectivity index (χ0) is 15.4. The molecule has 3 N–H and O–H groups in total. The van der Waals surface area contributed by atoms with Crippen LogP contribution in [0, 0.1) is 17.0 Å². The van der Waals surface area contributed by atoms with Gasteiger partial charge in [0.1, 0.15) is 0 Å². The molecule has 0 heterocycles. The number of benzene rings is 1. The van der Waals surface area contributed by atoms with Crippen LogP contribution in [0.5, 0.6) is 0 Å². The van der Waals surface area contributed by atoms with E-state index in [1.165, 1.54) is 0 Å². The second kappa shape index (κ2) is 6.60. The zero-order valence-electron chi connectivity index (χ0n) is 11.6. The van der Waals surface area contributed by atoms with Crippen molar-refractivity contribution in [2.45, 2.75) is 31.6 Å². The summed E-state index contributed by atoms with van der Waals surface area (Å²) in [6.07, 6.45) is 1.56. The molecule has 0 aliphatic rings. The van der Waals surface area contributed by atoms with Gasteiger partial charge in [-0.05, 0) is 43.0 Å². The van der Waals surface area contributed by atoms with Crippen LogP contribution in [0.1, 0.15) is 26.7 Å². The third-order valence-corrected chi connectivity index (χ3v) is 4.40. The van der Waals surface area contributed by atoms with Crippen LogP contribution < -0.4 is 10.5 Å². The molecule has 114 valence electrons. The van der Waals surface area contributed by atoms with Crippen molar-refractivity contribution >= 4 is 10.0 Å². The van der Waals surface area contributed by atoms with Gasteiger partial charge in [0.2, 0.25) is 10.0 Å². The Kier molecular flexibility index (Phi) is 5.61. The molecule has 0 spiro atoms. The number of halogens is 2. The first-order chi connectivity index (χ1) is 9.18. The molecule has 20 heavy (non-hydrogen) atoms. The molecule has 0 aromatic heterocycles. The van der Waals surface area contributed by atoms with Crippen molar-refractivity contribution in [3.63, 3.8) is 0 Å². The second-order valence-electron chi connectivity index (χ2n) is 5.46. The Bertz CT molecular complexity index is 559. The quantitative estimate of drug-likeness (QED) is 0.809. The molecule has 0 unspecified atom stereocenters. The van der Waals surface area contributed by atoms with E-state index < -0.39 is 21.7 Å². The molecule has 0 saturated carbocycles. The maximum Gasteiger partial charge on any atom is 0.240 e. The molecule has 0 fully saturated rings. The van der Waals surface area contributed by atoms with Gasteiger partial charge >= 0.3 is 0 Å². The van der Waals surface area contributed by atoms with Gasteiger partial charge in [-0.15, -0.1) is 0 Å². The summed E-state index contributed by atoms with van der Waals surface area (Å²) in [6.45, 7) is 4.57. The van der Waals surface area contributed by atoms with Crippen molar-refractivity contribution in [1.82, 2.24) is 4.72 Å². The molecule has 0 bridgehead atoms. The average Bonchev–Trinajstić information content (AvgIpc) is 2.37. The van der Waals surface area contributed by atoms with Crippen LogP contribution in [0.25, 0.3) is 0 Å². The number of hydrogen-bond donors (Lipinski definition) is 2. The van der Waals surface area contributed by atoms with Crippen molar-refractivity contribution in [3.8, 4) is 0 Å². The summed E-state index contributed by atoms with van der Waals surface area (Å²) in [4.78, 5) is -0.286. The first kappa shape index (κ1) is 17.0. The van der Waals surface area contributed by atoms with Crippen molar-refractivity contribution in [2.75, 3.05) is 13.1 Å². The second-order valence-corrected chi connectivity index (χ2v) is 7.22.